The molecular formula is C7H17N. The van der Waals surface area contributed by atoms with E-state index in [9.17, 15) is 0 Å². The van der Waals surface area contributed by atoms with Gasteiger partial charge in [0, 0.05) is 1.43 Å². The van der Waals surface area contributed by atoms with Crippen molar-refractivity contribution in [1.29, 1.82) is 0 Å². The van der Waals surface area contributed by atoms with Crippen LogP contribution in [0.15, 0.2) is 0 Å². The second-order valence-electron chi connectivity index (χ2n) is 2.73. The summed E-state index contributed by atoms with van der Waals surface area (Å²) in [6.07, 6.45) is 7.05. The van der Waals surface area contributed by atoms with Crippen molar-refractivity contribution >= 4 is 0 Å². The minimum atomic E-state index is 0. The van der Waals surface area contributed by atoms with E-state index in [-0.39, 0.29) is 1.43 Å². The summed E-state index contributed by atoms with van der Waals surface area (Å²) in [5.74, 6) is 0.986. The number of hydrogen-bond donors (Lipinski definition) is 1. The molecule has 0 unspecified atom stereocenters. The summed E-state index contributed by atoms with van der Waals surface area (Å²) in [4.78, 5) is 0. The van der Waals surface area contributed by atoms with E-state index in [0.29, 0.717) is 0 Å². The van der Waals surface area contributed by atoms with Crippen LogP contribution >= 0.6 is 0 Å². The van der Waals surface area contributed by atoms with Gasteiger partial charge in [0.2, 0.25) is 0 Å². The Bertz CT molecular complexity index is 59.9. The van der Waals surface area contributed by atoms with E-state index in [1.165, 1.54) is 32.1 Å². The predicted octanol–water partition coefficient (Wildman–Crippen LogP) is 1.77. The lowest BCUT2D eigenvalue weighted by Crippen LogP contribution is -2.04. The Kier molecular flexibility index (Phi) is 2.34. The zero-order chi connectivity index (χ0) is 5.82. The highest BCUT2D eigenvalue weighted by Gasteiger charge is 2.12. The van der Waals surface area contributed by atoms with Gasteiger partial charge in [-0.15, -0.1) is 0 Å². The Morgan fingerprint density at radius 1 is 1.38 bits per heavy atom. The molecule has 0 radical (unpaired) electrons. The molecule has 2 N–H and O–H groups in total. The molecule has 0 saturated heterocycles. The van der Waals surface area contributed by atoms with E-state index >= 15 is 0 Å². The van der Waals surface area contributed by atoms with E-state index in [1.54, 1.807) is 0 Å². The summed E-state index contributed by atoms with van der Waals surface area (Å²) in [7, 11) is 0. The molecule has 1 aliphatic carbocycles. The minimum Gasteiger partial charge on any atom is -0.330 e. The molecule has 50 valence electrons. The first-order chi connectivity index (χ1) is 3.93. The van der Waals surface area contributed by atoms with E-state index in [4.69, 9.17) is 5.73 Å². The quantitative estimate of drug-likeness (QED) is 0.583. The molecule has 0 aromatic heterocycles. The fraction of sp³-hybridized carbons (Fsp3) is 1.00. The van der Waals surface area contributed by atoms with Crippen molar-refractivity contribution in [2.24, 2.45) is 11.7 Å². The molecule has 0 atom stereocenters. The second-order valence-corrected chi connectivity index (χ2v) is 2.73. The average molecular weight is 115 g/mol. The molecule has 8 heavy (non-hydrogen) atoms. The van der Waals surface area contributed by atoms with Crippen LogP contribution in [0.3, 0.4) is 0 Å². The standard InChI is InChI=1S/C7H15N.H2/c8-6-5-7-3-1-2-4-7;/h7H,1-6,8H2;1H. The Hall–Kier alpha value is -0.0400. The molecule has 0 spiro atoms. The molecule has 1 heteroatoms. The summed E-state index contributed by atoms with van der Waals surface area (Å²) in [5, 5.41) is 0. The summed E-state index contributed by atoms with van der Waals surface area (Å²) in [6.45, 7) is 0.894. The van der Waals surface area contributed by atoms with Crippen LogP contribution in [0.2, 0.25) is 0 Å². The van der Waals surface area contributed by atoms with Gasteiger partial charge < -0.3 is 5.73 Å². The van der Waals surface area contributed by atoms with Crippen molar-refractivity contribution in [1.82, 2.24) is 0 Å². The van der Waals surface area contributed by atoms with Crippen LogP contribution in [0.25, 0.3) is 0 Å². The van der Waals surface area contributed by atoms with Crippen molar-refractivity contribution in [2.75, 3.05) is 6.54 Å². The van der Waals surface area contributed by atoms with Gasteiger partial charge in [0.15, 0.2) is 0 Å². The van der Waals surface area contributed by atoms with Crippen LogP contribution in [0.5, 0.6) is 0 Å². The third kappa shape index (κ3) is 1.48. The Morgan fingerprint density at radius 3 is 2.50 bits per heavy atom. The van der Waals surface area contributed by atoms with Crippen LogP contribution in [0.4, 0.5) is 0 Å². The monoisotopic (exact) mass is 115 g/mol. The summed E-state index contributed by atoms with van der Waals surface area (Å²) in [5.41, 5.74) is 5.41. The van der Waals surface area contributed by atoms with Crippen LogP contribution in [-0.4, -0.2) is 6.54 Å². The zero-order valence-electron chi connectivity index (χ0n) is 5.40. The van der Waals surface area contributed by atoms with Gasteiger partial charge in [-0.2, -0.15) is 0 Å². The molecular weight excluding hydrogens is 98.1 g/mol. The lowest BCUT2D eigenvalue weighted by atomic mass is 10.1. The lowest BCUT2D eigenvalue weighted by molar-refractivity contribution is 0.511. The number of nitrogens with two attached hydrogens (primary N) is 1. The molecule has 1 aliphatic rings. The van der Waals surface area contributed by atoms with E-state index in [0.717, 1.165) is 12.5 Å². The Morgan fingerprint density at radius 2 is 2.00 bits per heavy atom. The zero-order valence-corrected chi connectivity index (χ0v) is 5.40. The van der Waals surface area contributed by atoms with Gasteiger partial charge in [-0.3, -0.25) is 0 Å². The van der Waals surface area contributed by atoms with Crippen molar-refractivity contribution < 1.29 is 1.43 Å². The second kappa shape index (κ2) is 3.08. The topological polar surface area (TPSA) is 26.0 Å². The van der Waals surface area contributed by atoms with Crippen LogP contribution in [0.1, 0.15) is 33.5 Å². The van der Waals surface area contributed by atoms with Crippen molar-refractivity contribution in [3.63, 3.8) is 0 Å². The molecule has 1 saturated carbocycles. The van der Waals surface area contributed by atoms with Crippen LogP contribution in [-0.2, 0) is 0 Å². The van der Waals surface area contributed by atoms with E-state index in [1.807, 2.05) is 0 Å². The highest BCUT2D eigenvalue weighted by molar-refractivity contribution is 4.66. The van der Waals surface area contributed by atoms with Gasteiger partial charge in [-0.25, -0.2) is 0 Å². The highest BCUT2D eigenvalue weighted by Crippen LogP contribution is 2.26. The lowest BCUT2D eigenvalue weighted by Gasteiger charge is -2.03. The smallest absolute Gasteiger partial charge is 0 e. The van der Waals surface area contributed by atoms with E-state index < -0.39 is 0 Å². The van der Waals surface area contributed by atoms with Gasteiger partial charge in [0.25, 0.3) is 0 Å². The fourth-order valence-electron chi connectivity index (χ4n) is 1.53. The maximum absolute atomic E-state index is 5.41. The largest absolute Gasteiger partial charge is 0.330 e. The molecule has 0 bridgehead atoms. The van der Waals surface area contributed by atoms with Crippen LogP contribution in [0, 0.1) is 5.92 Å². The van der Waals surface area contributed by atoms with Crippen LogP contribution < -0.4 is 5.73 Å². The van der Waals surface area contributed by atoms with Crippen molar-refractivity contribution in [3.8, 4) is 0 Å². The van der Waals surface area contributed by atoms with Gasteiger partial charge >= 0.3 is 0 Å². The van der Waals surface area contributed by atoms with Gasteiger partial charge in [-0.05, 0) is 18.9 Å². The van der Waals surface area contributed by atoms with Crippen molar-refractivity contribution in [2.45, 2.75) is 32.1 Å². The minimum absolute atomic E-state index is 0. The van der Waals surface area contributed by atoms with E-state index in [2.05, 4.69) is 0 Å². The fourth-order valence-corrected chi connectivity index (χ4v) is 1.53. The molecule has 0 aromatic rings. The maximum atomic E-state index is 5.41. The first kappa shape index (κ1) is 6.09. The molecule has 0 amide bonds. The van der Waals surface area contributed by atoms with Gasteiger partial charge in [0.1, 0.15) is 0 Å². The van der Waals surface area contributed by atoms with Crippen molar-refractivity contribution in [3.05, 3.63) is 0 Å². The molecule has 1 rings (SSSR count). The molecule has 0 heterocycles. The number of hydrogen-bond acceptors (Lipinski definition) is 1. The SMILES string of the molecule is NCCC1CCCC1.[HH]. The first-order valence-electron chi connectivity index (χ1n) is 3.63. The molecule has 1 nitrogen and oxygen atoms in total. The summed E-state index contributed by atoms with van der Waals surface area (Å²) >= 11 is 0. The van der Waals surface area contributed by atoms with Gasteiger partial charge in [-0.1, -0.05) is 25.7 Å². The molecule has 0 aromatic carbocycles. The third-order valence-electron chi connectivity index (χ3n) is 2.05. The number of rotatable bonds is 2. The molecule has 1 fully saturated rings. The van der Waals surface area contributed by atoms with Gasteiger partial charge in [0.05, 0.1) is 0 Å². The average Bonchev–Trinajstić information content (AvgIpc) is 2.19. The molecule has 0 aliphatic heterocycles. The first-order valence-corrected chi connectivity index (χ1v) is 3.63. The summed E-state index contributed by atoms with van der Waals surface area (Å²) < 4.78 is 0. The highest BCUT2D eigenvalue weighted by atomic mass is 14.5. The third-order valence-corrected chi connectivity index (χ3v) is 2.05. The predicted molar refractivity (Wildman–Crippen MR) is 37.7 cm³/mol. The normalized spacial score (nSPS) is 22.1. The Labute approximate surface area is 52.7 Å². The maximum Gasteiger partial charge on any atom is 0 e. The summed E-state index contributed by atoms with van der Waals surface area (Å²) in [6, 6.07) is 0. The Balaban J connectivity index is 0.000000640.